The number of nitrogens with zero attached hydrogens (tertiary/aromatic N) is 2. The Balaban J connectivity index is 1.52. The number of rotatable bonds is 8. The van der Waals surface area contributed by atoms with Crippen LogP contribution in [0.5, 0.6) is 0 Å². The van der Waals surface area contributed by atoms with Crippen molar-refractivity contribution >= 4 is 52.2 Å². The van der Waals surface area contributed by atoms with E-state index in [9.17, 15) is 14.7 Å². The Morgan fingerprint density at radius 1 is 1.15 bits per heavy atom. The van der Waals surface area contributed by atoms with Gasteiger partial charge in [0.2, 0.25) is 5.91 Å². The standard InChI is InChI=1S/C28H23ClN4O5S/c1-37-15-24(34)31-20-10-9-18(14-19(20)29)33-26(25(32-28(33)39)21-4-2-3-13-30-21)23-12-11-22(38-23)16-5-7-17(8-6-16)27(35)36/h2-14,25-26H,15H2,1H3,(H,31,34)(H,32,39)(H,35,36)/t25-,26+/m1/s1. The number of nitrogens with one attached hydrogen (secondary N) is 2. The van der Waals surface area contributed by atoms with Gasteiger partial charge >= 0.3 is 5.97 Å². The van der Waals surface area contributed by atoms with Gasteiger partial charge in [0, 0.05) is 24.6 Å². The van der Waals surface area contributed by atoms with Crippen molar-refractivity contribution < 1.29 is 23.8 Å². The highest BCUT2D eigenvalue weighted by Crippen LogP contribution is 2.44. The highest BCUT2D eigenvalue weighted by molar-refractivity contribution is 7.80. The number of carbonyl (C=O) groups excluding carboxylic acids is 1. The van der Waals surface area contributed by atoms with Crippen LogP contribution in [0.15, 0.2) is 83.4 Å². The number of carboxylic acids is 1. The van der Waals surface area contributed by atoms with Gasteiger partial charge in [0.05, 0.1) is 28.0 Å². The van der Waals surface area contributed by atoms with Crippen LogP contribution in [0.3, 0.4) is 0 Å². The second kappa shape index (κ2) is 11.2. The molecule has 0 radical (unpaired) electrons. The average Bonchev–Trinajstić information content (AvgIpc) is 3.55. The number of carboxylic acid groups (broad SMARTS) is 1. The number of pyridine rings is 1. The van der Waals surface area contributed by atoms with E-state index in [0.717, 1.165) is 11.3 Å². The minimum Gasteiger partial charge on any atom is -0.478 e. The lowest BCUT2D eigenvalue weighted by Gasteiger charge is -2.26. The van der Waals surface area contributed by atoms with Crippen LogP contribution in [0.4, 0.5) is 11.4 Å². The summed E-state index contributed by atoms with van der Waals surface area (Å²) in [5.74, 6) is -0.125. The predicted molar refractivity (Wildman–Crippen MR) is 151 cm³/mol. The Kier molecular flexibility index (Phi) is 7.60. The molecule has 1 aliphatic heterocycles. The molecule has 5 rings (SSSR count). The smallest absolute Gasteiger partial charge is 0.335 e. The Labute approximate surface area is 234 Å². The lowest BCUT2D eigenvalue weighted by molar-refractivity contribution is -0.119. The van der Waals surface area contributed by atoms with Gasteiger partial charge in [-0.25, -0.2) is 4.79 Å². The molecule has 2 atom stereocenters. The zero-order valence-electron chi connectivity index (χ0n) is 20.6. The second-order valence-corrected chi connectivity index (χ2v) is 9.52. The lowest BCUT2D eigenvalue weighted by Crippen LogP contribution is -2.29. The summed E-state index contributed by atoms with van der Waals surface area (Å²) in [6.07, 6.45) is 1.71. The number of amides is 1. The summed E-state index contributed by atoms with van der Waals surface area (Å²) in [6.45, 7) is -0.0914. The van der Waals surface area contributed by atoms with Crippen LogP contribution in [-0.4, -0.2) is 40.8 Å². The third-order valence-corrected chi connectivity index (χ3v) is 6.84. The molecule has 1 fully saturated rings. The van der Waals surface area contributed by atoms with E-state index in [0.29, 0.717) is 33.0 Å². The molecule has 11 heteroatoms. The number of thiocarbonyl (C=S) groups is 1. The zero-order valence-corrected chi connectivity index (χ0v) is 22.2. The first-order chi connectivity index (χ1) is 18.9. The fourth-order valence-electron chi connectivity index (χ4n) is 4.44. The number of ether oxygens (including phenoxy) is 1. The molecule has 39 heavy (non-hydrogen) atoms. The van der Waals surface area contributed by atoms with E-state index in [4.69, 9.17) is 33.0 Å². The second-order valence-electron chi connectivity index (χ2n) is 8.73. The summed E-state index contributed by atoms with van der Waals surface area (Å²) < 4.78 is 11.2. The van der Waals surface area contributed by atoms with Gasteiger partial charge in [0.1, 0.15) is 24.2 Å². The van der Waals surface area contributed by atoms with Crippen molar-refractivity contribution in [1.29, 1.82) is 0 Å². The van der Waals surface area contributed by atoms with Crippen molar-refractivity contribution in [3.8, 4) is 11.3 Å². The van der Waals surface area contributed by atoms with Crippen molar-refractivity contribution in [3.63, 3.8) is 0 Å². The van der Waals surface area contributed by atoms with E-state index in [2.05, 4.69) is 15.6 Å². The molecule has 0 spiro atoms. The van der Waals surface area contributed by atoms with Gasteiger partial charge in [-0.05, 0) is 66.8 Å². The van der Waals surface area contributed by atoms with Crippen LogP contribution < -0.4 is 15.5 Å². The summed E-state index contributed by atoms with van der Waals surface area (Å²) in [4.78, 5) is 29.7. The molecule has 0 unspecified atom stereocenters. The minimum atomic E-state index is -0.996. The van der Waals surface area contributed by atoms with E-state index in [1.807, 2.05) is 41.3 Å². The average molecular weight is 563 g/mol. The van der Waals surface area contributed by atoms with Gasteiger partial charge in [-0.2, -0.15) is 0 Å². The molecule has 2 aromatic heterocycles. The Morgan fingerprint density at radius 2 is 1.95 bits per heavy atom. The predicted octanol–water partition coefficient (Wildman–Crippen LogP) is 5.46. The minimum absolute atomic E-state index is 0.0914. The van der Waals surface area contributed by atoms with Crippen molar-refractivity contribution in [1.82, 2.24) is 10.3 Å². The van der Waals surface area contributed by atoms with Crippen LogP contribution in [0.1, 0.15) is 33.9 Å². The molecule has 3 heterocycles. The van der Waals surface area contributed by atoms with Gasteiger partial charge in [-0.15, -0.1) is 0 Å². The van der Waals surface area contributed by atoms with Gasteiger partial charge in [0.25, 0.3) is 0 Å². The van der Waals surface area contributed by atoms with Crippen LogP contribution in [0, 0.1) is 0 Å². The maximum atomic E-state index is 12.0. The molecule has 3 N–H and O–H groups in total. The van der Waals surface area contributed by atoms with E-state index in [1.165, 1.54) is 19.2 Å². The molecule has 2 aromatic carbocycles. The molecule has 1 amide bonds. The number of hydrogen-bond acceptors (Lipinski definition) is 6. The third kappa shape index (κ3) is 5.49. The van der Waals surface area contributed by atoms with E-state index >= 15 is 0 Å². The number of furan rings is 1. The zero-order chi connectivity index (χ0) is 27.5. The Bertz CT molecular complexity index is 1530. The summed E-state index contributed by atoms with van der Waals surface area (Å²) in [5, 5.41) is 16.1. The van der Waals surface area contributed by atoms with Gasteiger partial charge in [0.15, 0.2) is 5.11 Å². The van der Waals surface area contributed by atoms with Crippen LogP contribution in [0.2, 0.25) is 5.02 Å². The van der Waals surface area contributed by atoms with Crippen molar-refractivity contribution in [2.24, 2.45) is 0 Å². The highest BCUT2D eigenvalue weighted by atomic mass is 35.5. The van der Waals surface area contributed by atoms with Crippen molar-refractivity contribution in [2.75, 3.05) is 23.9 Å². The molecular weight excluding hydrogens is 540 g/mol. The van der Waals surface area contributed by atoms with Crippen LogP contribution >= 0.6 is 23.8 Å². The van der Waals surface area contributed by atoms with Crippen LogP contribution in [-0.2, 0) is 9.53 Å². The normalized spacial score (nSPS) is 16.7. The van der Waals surface area contributed by atoms with Crippen LogP contribution in [0.25, 0.3) is 11.3 Å². The first-order valence-corrected chi connectivity index (χ1v) is 12.7. The third-order valence-electron chi connectivity index (χ3n) is 6.21. The fraction of sp³-hybridized carbons (Fsp3) is 0.143. The Morgan fingerprint density at radius 3 is 2.62 bits per heavy atom. The topological polar surface area (TPSA) is 117 Å². The quantitative estimate of drug-likeness (QED) is 0.241. The fourth-order valence-corrected chi connectivity index (χ4v) is 5.01. The summed E-state index contributed by atoms with van der Waals surface area (Å²) in [6, 6.07) is 20.3. The van der Waals surface area contributed by atoms with Gasteiger partial charge in [-0.3, -0.25) is 9.78 Å². The number of methoxy groups -OCH3 is 1. The van der Waals surface area contributed by atoms with Gasteiger partial charge < -0.3 is 29.8 Å². The number of aromatic carboxylic acids is 1. The molecule has 0 aliphatic carbocycles. The molecule has 1 aliphatic rings. The number of halogens is 1. The van der Waals surface area contributed by atoms with Crippen molar-refractivity contribution in [2.45, 2.75) is 12.1 Å². The number of hydrogen-bond donors (Lipinski definition) is 3. The summed E-state index contributed by atoms with van der Waals surface area (Å²) in [7, 11) is 1.44. The first-order valence-electron chi connectivity index (χ1n) is 11.9. The first kappa shape index (κ1) is 26.4. The molecule has 1 saturated heterocycles. The SMILES string of the molecule is COCC(=O)Nc1ccc(N2C(=S)N[C@H](c3ccccn3)[C@@H]2c2ccc(-c3ccc(C(=O)O)cc3)o2)cc1Cl. The Hall–Kier alpha value is -4.25. The number of anilines is 2. The largest absolute Gasteiger partial charge is 0.478 e. The molecule has 4 aromatic rings. The maximum absolute atomic E-state index is 12.0. The highest BCUT2D eigenvalue weighted by Gasteiger charge is 2.42. The maximum Gasteiger partial charge on any atom is 0.335 e. The van der Waals surface area contributed by atoms with E-state index in [-0.39, 0.29) is 24.1 Å². The molecule has 0 bridgehead atoms. The molecule has 9 nitrogen and oxygen atoms in total. The number of aromatic nitrogens is 1. The lowest BCUT2D eigenvalue weighted by atomic mass is 10.0. The van der Waals surface area contributed by atoms with E-state index in [1.54, 1.807) is 30.5 Å². The van der Waals surface area contributed by atoms with Gasteiger partial charge in [-0.1, -0.05) is 29.8 Å². The number of carbonyl (C=O) groups is 2. The van der Waals surface area contributed by atoms with Crippen molar-refractivity contribution in [3.05, 3.63) is 101 Å². The summed E-state index contributed by atoms with van der Waals surface area (Å²) in [5.41, 5.74) is 2.83. The molecule has 198 valence electrons. The number of benzene rings is 2. The van der Waals surface area contributed by atoms with E-state index < -0.39 is 12.0 Å². The molecular formula is C28H23ClN4O5S. The molecule has 0 saturated carbocycles. The summed E-state index contributed by atoms with van der Waals surface area (Å²) >= 11 is 12.3. The monoisotopic (exact) mass is 562 g/mol.